The predicted molar refractivity (Wildman–Crippen MR) is 282 cm³/mol. The Morgan fingerprint density at radius 3 is 1.93 bits per heavy atom. The van der Waals surface area contributed by atoms with Crippen LogP contribution in [0.1, 0.15) is 81.8 Å². The number of aromatic nitrogens is 1. The van der Waals surface area contributed by atoms with Crippen LogP contribution in [0.15, 0.2) is 168 Å². The van der Waals surface area contributed by atoms with Crippen LogP contribution < -0.4 is 10.1 Å². The minimum Gasteiger partial charge on any atom is -0.661 e. The van der Waals surface area contributed by atoms with Crippen LogP contribution in [0.4, 0.5) is 17.1 Å². The molecule has 0 saturated carbocycles. The van der Waals surface area contributed by atoms with Gasteiger partial charge in [-0.3, -0.25) is 0 Å². The van der Waals surface area contributed by atoms with E-state index in [0.29, 0.717) is 17.8 Å². The first-order valence-corrected chi connectivity index (χ1v) is 27.1. The van der Waals surface area contributed by atoms with Gasteiger partial charge in [-0.25, -0.2) is 0 Å². The van der Waals surface area contributed by atoms with E-state index in [0.717, 1.165) is 56.6 Å². The summed E-state index contributed by atoms with van der Waals surface area (Å²) >= 11 is 0. The maximum Gasteiger partial charge on any atom is 3.00 e. The maximum atomic E-state index is 6.12. The van der Waals surface area contributed by atoms with Crippen LogP contribution in [0, 0.1) is 18.1 Å². The van der Waals surface area contributed by atoms with E-state index >= 15 is 0 Å². The Bertz CT molecular complexity index is 3100. The van der Waals surface area contributed by atoms with Crippen LogP contribution in [-0.2, 0) is 26.5 Å². The Kier molecular flexibility index (Phi) is 14.2. The molecular weight excluding hydrogens is 1010 g/mol. The summed E-state index contributed by atoms with van der Waals surface area (Å²) in [5.74, 6) is 1.29. The topological polar surface area (TPSA) is 43.4 Å². The minimum absolute atomic E-state index is 0. The van der Waals surface area contributed by atoms with Crippen molar-refractivity contribution in [1.82, 2.24) is 4.98 Å². The molecule has 1 aliphatic rings. The van der Waals surface area contributed by atoms with Crippen LogP contribution >= 0.6 is 0 Å². The van der Waals surface area contributed by atoms with E-state index in [9.17, 15) is 0 Å². The second-order valence-corrected chi connectivity index (χ2v) is 24.8. The molecule has 0 saturated heterocycles. The van der Waals surface area contributed by atoms with Crippen LogP contribution in [0.3, 0.4) is 0 Å². The van der Waals surface area contributed by atoms with Gasteiger partial charge in [-0.05, 0) is 93.3 Å². The Morgan fingerprint density at radius 1 is 0.642 bits per heavy atom. The van der Waals surface area contributed by atoms with Crippen molar-refractivity contribution in [2.24, 2.45) is 5.92 Å². The van der Waals surface area contributed by atoms with Crippen molar-refractivity contribution in [3.63, 3.8) is 0 Å². The Morgan fingerprint density at radius 2 is 1.27 bits per heavy atom. The smallest absolute Gasteiger partial charge is 0.661 e. The SMILES string of the molecule is CC(C)Cc1cc(-c2[c-]ccc(-c3ccccc3)c2)ncc1[Si](C)(C)C.CC(C)c1cc(-c2ccccc2)cc(C(C)C)c1N1c2ccccc2[N-]C1c1[c-]cc2oc3ccccc3c2c1.[Ir+3]. The molecule has 1 aliphatic heterocycles. The summed E-state index contributed by atoms with van der Waals surface area (Å²) in [6.45, 7) is 20.9. The van der Waals surface area contributed by atoms with Gasteiger partial charge < -0.3 is 19.6 Å². The van der Waals surface area contributed by atoms with Gasteiger partial charge in [-0.1, -0.05) is 175 Å². The molecule has 10 rings (SSSR count). The van der Waals surface area contributed by atoms with Crippen molar-refractivity contribution in [3.8, 4) is 33.5 Å². The molecule has 0 radical (unpaired) electrons. The average molecular weight is 1070 g/mol. The first-order chi connectivity index (χ1) is 31.8. The van der Waals surface area contributed by atoms with Crippen molar-refractivity contribution in [2.45, 2.75) is 85.6 Å². The third-order valence-corrected chi connectivity index (χ3v) is 14.7. The quantitative estimate of drug-likeness (QED) is 0.101. The Hall–Kier alpha value is -6.04. The standard InChI is InChI=1S/C37H32N2O.C24H28NSi.Ir/c1-23(2)29-21-27(25-12-6-5-7-13-25)22-30(24(3)4)36(29)39-33-16-10-9-15-32(33)38-37(39)26-18-19-35-31(20-26)28-14-8-11-17-34(28)40-35;1-18(2)14-22-16-23(25-17-24(22)26(3,4)5)21-13-9-12-20(15-21)19-10-7-6-8-11-19;/h5-17,19-24,37H,1-4H3;6-12,15-18H,14H2,1-5H3;/q-2;-1;+3. The zero-order valence-corrected chi connectivity index (χ0v) is 43.6. The molecule has 0 aliphatic carbocycles. The predicted octanol–water partition coefficient (Wildman–Crippen LogP) is 17.1. The molecule has 0 amide bonds. The number of pyridine rings is 1. The number of fused-ring (bicyclic) bond motifs is 4. The fraction of sp³-hybridized carbons (Fsp3) is 0.230. The molecule has 2 aromatic heterocycles. The number of rotatable bonds is 10. The second kappa shape index (κ2) is 20.0. The normalized spacial score (nSPS) is 13.4. The number of anilines is 2. The van der Waals surface area contributed by atoms with Crippen molar-refractivity contribution < 1.29 is 24.5 Å². The zero-order valence-electron chi connectivity index (χ0n) is 40.2. The van der Waals surface area contributed by atoms with E-state index < -0.39 is 8.07 Å². The summed E-state index contributed by atoms with van der Waals surface area (Å²) in [7, 11) is -1.40. The van der Waals surface area contributed by atoms with Gasteiger partial charge in [0.05, 0.1) is 8.07 Å². The van der Waals surface area contributed by atoms with Gasteiger partial charge in [0, 0.05) is 28.5 Å². The number of hydrogen-bond donors (Lipinski definition) is 0. The molecule has 67 heavy (non-hydrogen) atoms. The number of para-hydroxylation sites is 3. The fourth-order valence-electron chi connectivity index (χ4n) is 9.37. The largest absolute Gasteiger partial charge is 3.00 e. The van der Waals surface area contributed by atoms with Gasteiger partial charge in [0.1, 0.15) is 5.58 Å². The van der Waals surface area contributed by atoms with E-state index in [1.807, 2.05) is 30.3 Å². The van der Waals surface area contributed by atoms with Crippen molar-refractivity contribution >= 4 is 52.3 Å². The van der Waals surface area contributed by atoms with Crippen molar-refractivity contribution in [1.29, 1.82) is 0 Å². The van der Waals surface area contributed by atoms with Gasteiger partial charge in [0.25, 0.3) is 0 Å². The van der Waals surface area contributed by atoms with E-state index in [4.69, 9.17) is 14.7 Å². The minimum atomic E-state index is -1.40. The molecular formula is C61H60IrN3OSi. The molecule has 7 aromatic carbocycles. The third kappa shape index (κ3) is 9.99. The third-order valence-electron chi connectivity index (χ3n) is 12.6. The molecule has 0 N–H and O–H groups in total. The van der Waals surface area contributed by atoms with Gasteiger partial charge in [-0.15, -0.1) is 47.1 Å². The van der Waals surface area contributed by atoms with Crippen LogP contribution in [0.5, 0.6) is 0 Å². The first-order valence-electron chi connectivity index (χ1n) is 23.6. The summed E-state index contributed by atoms with van der Waals surface area (Å²) < 4.78 is 6.12. The van der Waals surface area contributed by atoms with E-state index in [1.165, 1.54) is 49.8 Å². The van der Waals surface area contributed by atoms with Gasteiger partial charge in [-0.2, -0.15) is 17.7 Å². The molecule has 1 unspecified atom stereocenters. The maximum absolute atomic E-state index is 6.12. The van der Waals surface area contributed by atoms with E-state index in [2.05, 4.69) is 212 Å². The van der Waals surface area contributed by atoms with Crippen LogP contribution in [0.2, 0.25) is 19.6 Å². The summed E-state index contributed by atoms with van der Waals surface area (Å²) in [5, 5.41) is 9.00. The van der Waals surface area contributed by atoms with Crippen LogP contribution in [-0.4, -0.2) is 13.1 Å². The number of benzene rings is 7. The monoisotopic (exact) mass is 1070 g/mol. The van der Waals surface area contributed by atoms with Gasteiger partial charge in [0.2, 0.25) is 0 Å². The number of nitrogens with zero attached hydrogens (tertiary/aromatic N) is 3. The molecule has 6 heteroatoms. The molecule has 3 heterocycles. The number of hydrogen-bond acceptors (Lipinski definition) is 3. The molecule has 4 nitrogen and oxygen atoms in total. The van der Waals surface area contributed by atoms with Gasteiger partial charge in [0.15, 0.2) is 0 Å². The van der Waals surface area contributed by atoms with E-state index in [1.54, 1.807) is 0 Å². The molecule has 0 bridgehead atoms. The molecule has 0 spiro atoms. The summed E-state index contributed by atoms with van der Waals surface area (Å²) in [4.78, 5) is 7.27. The molecule has 338 valence electrons. The Labute approximate surface area is 412 Å². The van der Waals surface area contributed by atoms with Crippen LogP contribution in [0.25, 0.3) is 60.8 Å². The summed E-state index contributed by atoms with van der Waals surface area (Å²) in [6.07, 6.45) is 3.00. The summed E-state index contributed by atoms with van der Waals surface area (Å²) in [6, 6.07) is 62.5. The zero-order chi connectivity index (χ0) is 46.1. The second-order valence-electron chi connectivity index (χ2n) is 19.7. The fourth-order valence-corrected chi connectivity index (χ4v) is 11.0. The van der Waals surface area contributed by atoms with Crippen molar-refractivity contribution in [2.75, 3.05) is 4.90 Å². The molecule has 9 aromatic rings. The Balaban J connectivity index is 0.000000196. The van der Waals surface area contributed by atoms with E-state index in [-0.39, 0.29) is 26.3 Å². The molecule has 0 fully saturated rings. The van der Waals surface area contributed by atoms with Crippen molar-refractivity contribution in [3.05, 3.63) is 204 Å². The summed E-state index contributed by atoms with van der Waals surface area (Å²) in [5.41, 5.74) is 17.3. The van der Waals surface area contributed by atoms with Gasteiger partial charge >= 0.3 is 20.1 Å². The number of furan rings is 1. The molecule has 1 atom stereocenters. The average Bonchev–Trinajstić information content (AvgIpc) is 3.90. The first kappa shape index (κ1) is 47.4.